The summed E-state index contributed by atoms with van der Waals surface area (Å²) in [5.41, 5.74) is 0. The van der Waals surface area contributed by atoms with Gasteiger partial charge in [0.15, 0.2) is 6.04 Å². The number of hydrogen-bond donors (Lipinski definition) is 0. The van der Waals surface area contributed by atoms with Crippen molar-refractivity contribution in [3.8, 4) is 0 Å². The third-order valence-corrected chi connectivity index (χ3v) is 1.62. The number of rotatable bonds is 5. The Balaban J connectivity index is 4.20. The summed E-state index contributed by atoms with van der Waals surface area (Å²) in [7, 11) is 0. The maximum absolute atomic E-state index is 11.3. The van der Waals surface area contributed by atoms with Crippen molar-refractivity contribution in [1.82, 2.24) is 0 Å². The van der Waals surface area contributed by atoms with Crippen LogP contribution in [0.15, 0.2) is 4.99 Å². The molecular formula is C9H15NO2S. The lowest BCUT2D eigenvalue weighted by Crippen LogP contribution is -2.26. The molecule has 0 rings (SSSR count). The first kappa shape index (κ1) is 12.3. The van der Waals surface area contributed by atoms with Crippen molar-refractivity contribution in [2.24, 2.45) is 10.9 Å². The van der Waals surface area contributed by atoms with Crippen LogP contribution in [0.1, 0.15) is 27.2 Å². The molecule has 13 heavy (non-hydrogen) atoms. The largest absolute Gasteiger partial charge is 0.464 e. The zero-order valence-electron chi connectivity index (χ0n) is 8.24. The highest BCUT2D eigenvalue weighted by atomic mass is 32.1. The van der Waals surface area contributed by atoms with E-state index in [1.165, 1.54) is 0 Å². The van der Waals surface area contributed by atoms with Gasteiger partial charge in [-0.3, -0.25) is 0 Å². The van der Waals surface area contributed by atoms with Crippen molar-refractivity contribution < 1.29 is 9.53 Å². The van der Waals surface area contributed by atoms with Crippen molar-refractivity contribution in [3.05, 3.63) is 0 Å². The molecule has 0 amide bonds. The van der Waals surface area contributed by atoms with Crippen LogP contribution in [-0.4, -0.2) is 23.8 Å². The Hall–Kier alpha value is -0.730. The first-order valence-corrected chi connectivity index (χ1v) is 4.77. The van der Waals surface area contributed by atoms with Gasteiger partial charge in [0.25, 0.3) is 0 Å². The summed E-state index contributed by atoms with van der Waals surface area (Å²) >= 11 is 4.45. The second-order valence-corrected chi connectivity index (χ2v) is 3.26. The summed E-state index contributed by atoms with van der Waals surface area (Å²) in [6, 6.07) is -0.496. The SMILES string of the molecule is CCCOC(=O)C(N=C=S)C(C)C. The zero-order chi connectivity index (χ0) is 10.3. The van der Waals surface area contributed by atoms with E-state index in [-0.39, 0.29) is 11.9 Å². The molecule has 0 aromatic rings. The highest BCUT2D eigenvalue weighted by Crippen LogP contribution is 2.07. The third kappa shape index (κ3) is 4.76. The molecule has 0 bridgehead atoms. The van der Waals surface area contributed by atoms with E-state index in [9.17, 15) is 4.79 Å². The predicted octanol–water partition coefficient (Wildman–Crippen LogP) is 2.07. The van der Waals surface area contributed by atoms with Crippen LogP contribution >= 0.6 is 12.2 Å². The Morgan fingerprint density at radius 2 is 2.23 bits per heavy atom. The molecule has 1 unspecified atom stereocenters. The number of aliphatic imine (C=N–C) groups is 1. The summed E-state index contributed by atoms with van der Waals surface area (Å²) in [5.74, 6) is -0.214. The number of isothiocyanates is 1. The molecule has 0 radical (unpaired) electrons. The molecule has 0 aliphatic rings. The summed E-state index contributed by atoms with van der Waals surface area (Å²) in [6.45, 7) is 6.18. The predicted molar refractivity (Wildman–Crippen MR) is 54.9 cm³/mol. The molecule has 0 aliphatic carbocycles. The molecule has 4 heteroatoms. The van der Waals surface area contributed by atoms with Crippen molar-refractivity contribution in [3.63, 3.8) is 0 Å². The highest BCUT2D eigenvalue weighted by molar-refractivity contribution is 7.78. The lowest BCUT2D eigenvalue weighted by atomic mass is 10.1. The van der Waals surface area contributed by atoms with Gasteiger partial charge in [0.2, 0.25) is 0 Å². The second-order valence-electron chi connectivity index (χ2n) is 3.08. The van der Waals surface area contributed by atoms with Gasteiger partial charge in [0.05, 0.1) is 11.8 Å². The zero-order valence-corrected chi connectivity index (χ0v) is 9.06. The van der Waals surface area contributed by atoms with Gasteiger partial charge in [0, 0.05) is 0 Å². The smallest absolute Gasteiger partial charge is 0.331 e. The van der Waals surface area contributed by atoms with Gasteiger partial charge < -0.3 is 4.74 Å². The Bertz CT molecular complexity index is 210. The summed E-state index contributed by atoms with van der Waals surface area (Å²) in [4.78, 5) is 15.1. The van der Waals surface area contributed by atoms with Crippen LogP contribution in [0, 0.1) is 5.92 Å². The number of hydrogen-bond acceptors (Lipinski definition) is 4. The molecule has 0 aromatic heterocycles. The molecule has 74 valence electrons. The minimum absolute atomic E-state index is 0.0970. The van der Waals surface area contributed by atoms with Gasteiger partial charge in [0.1, 0.15) is 0 Å². The maximum atomic E-state index is 11.3. The van der Waals surface area contributed by atoms with Crippen LogP contribution in [-0.2, 0) is 9.53 Å². The molecule has 0 aromatic carbocycles. The van der Waals surface area contributed by atoms with E-state index in [1.54, 1.807) is 0 Å². The van der Waals surface area contributed by atoms with E-state index in [2.05, 4.69) is 22.4 Å². The Labute approximate surface area is 84.2 Å². The lowest BCUT2D eigenvalue weighted by molar-refractivity contribution is -0.146. The molecule has 0 fully saturated rings. The monoisotopic (exact) mass is 201 g/mol. The molecule has 0 aliphatic heterocycles. The topological polar surface area (TPSA) is 38.7 Å². The molecular weight excluding hydrogens is 186 g/mol. The highest BCUT2D eigenvalue weighted by Gasteiger charge is 2.22. The molecule has 0 saturated carbocycles. The van der Waals surface area contributed by atoms with Gasteiger partial charge in [-0.25, -0.2) is 9.79 Å². The van der Waals surface area contributed by atoms with Crippen LogP contribution in [0.3, 0.4) is 0 Å². The van der Waals surface area contributed by atoms with E-state index >= 15 is 0 Å². The van der Waals surface area contributed by atoms with Crippen LogP contribution in [0.2, 0.25) is 0 Å². The average molecular weight is 201 g/mol. The Morgan fingerprint density at radius 3 is 2.62 bits per heavy atom. The van der Waals surface area contributed by atoms with Gasteiger partial charge in [-0.1, -0.05) is 20.8 Å². The Kier molecular flexibility index (Phi) is 6.37. The van der Waals surface area contributed by atoms with E-state index in [0.29, 0.717) is 6.61 Å². The number of thiocarbonyl (C=S) groups is 1. The van der Waals surface area contributed by atoms with Crippen molar-refractivity contribution in [2.45, 2.75) is 33.2 Å². The Morgan fingerprint density at radius 1 is 1.62 bits per heavy atom. The van der Waals surface area contributed by atoms with Crippen LogP contribution in [0.4, 0.5) is 0 Å². The molecule has 3 nitrogen and oxygen atoms in total. The van der Waals surface area contributed by atoms with E-state index in [4.69, 9.17) is 4.74 Å². The average Bonchev–Trinajstić information content (AvgIpc) is 2.09. The van der Waals surface area contributed by atoms with Gasteiger partial charge in [-0.2, -0.15) is 0 Å². The van der Waals surface area contributed by atoms with Crippen LogP contribution < -0.4 is 0 Å². The third-order valence-electron chi connectivity index (χ3n) is 1.51. The number of carbonyl (C=O) groups is 1. The normalized spacial score (nSPS) is 12.0. The minimum Gasteiger partial charge on any atom is -0.464 e. The summed E-state index contributed by atoms with van der Waals surface area (Å²) in [5, 5.41) is 2.21. The minimum atomic E-state index is -0.496. The van der Waals surface area contributed by atoms with Crippen molar-refractivity contribution in [2.75, 3.05) is 6.61 Å². The van der Waals surface area contributed by atoms with Crippen LogP contribution in [0.5, 0.6) is 0 Å². The lowest BCUT2D eigenvalue weighted by Gasteiger charge is -2.13. The van der Waals surface area contributed by atoms with E-state index in [0.717, 1.165) is 6.42 Å². The van der Waals surface area contributed by atoms with Crippen molar-refractivity contribution >= 4 is 23.3 Å². The summed E-state index contributed by atoms with van der Waals surface area (Å²) in [6.07, 6.45) is 0.817. The number of carbonyl (C=O) groups excluding carboxylic acids is 1. The standard InChI is InChI=1S/C9H15NO2S/c1-4-5-12-9(11)8(7(2)3)10-6-13/h7-8H,4-5H2,1-3H3. The summed E-state index contributed by atoms with van der Waals surface area (Å²) < 4.78 is 4.95. The van der Waals surface area contributed by atoms with E-state index < -0.39 is 6.04 Å². The maximum Gasteiger partial charge on any atom is 0.331 e. The molecule has 0 spiro atoms. The van der Waals surface area contributed by atoms with Gasteiger partial charge >= 0.3 is 5.97 Å². The van der Waals surface area contributed by atoms with Gasteiger partial charge in [-0.05, 0) is 24.6 Å². The molecule has 0 heterocycles. The fourth-order valence-corrected chi connectivity index (χ4v) is 0.932. The number of esters is 1. The molecule has 1 atom stereocenters. The quantitative estimate of drug-likeness (QED) is 0.388. The number of nitrogens with zero attached hydrogens (tertiary/aromatic N) is 1. The van der Waals surface area contributed by atoms with Crippen LogP contribution in [0.25, 0.3) is 0 Å². The first-order valence-electron chi connectivity index (χ1n) is 4.37. The van der Waals surface area contributed by atoms with E-state index in [1.807, 2.05) is 20.8 Å². The second kappa shape index (κ2) is 6.75. The number of ether oxygens (including phenoxy) is 1. The van der Waals surface area contributed by atoms with Crippen molar-refractivity contribution in [1.29, 1.82) is 0 Å². The molecule has 0 N–H and O–H groups in total. The molecule has 0 saturated heterocycles. The first-order chi connectivity index (χ1) is 6.13. The fraction of sp³-hybridized carbons (Fsp3) is 0.778. The fourth-order valence-electron chi connectivity index (χ4n) is 0.819. The van der Waals surface area contributed by atoms with Gasteiger partial charge in [-0.15, -0.1) is 0 Å².